The van der Waals surface area contributed by atoms with Crippen molar-refractivity contribution < 1.29 is 13.2 Å². The van der Waals surface area contributed by atoms with Gasteiger partial charge in [-0.05, 0) is 30.7 Å². The molecule has 1 aliphatic rings. The zero-order chi connectivity index (χ0) is 17.1. The van der Waals surface area contributed by atoms with Crippen molar-refractivity contribution in [3.8, 4) is 0 Å². The Kier molecular flexibility index (Phi) is 5.06. The Morgan fingerprint density at radius 1 is 1.33 bits per heavy atom. The number of hydrogen-bond donors (Lipinski definition) is 1. The van der Waals surface area contributed by atoms with Gasteiger partial charge in [-0.2, -0.15) is 0 Å². The predicted molar refractivity (Wildman–Crippen MR) is 91.9 cm³/mol. The van der Waals surface area contributed by atoms with Crippen LogP contribution in [0.3, 0.4) is 0 Å². The summed E-state index contributed by atoms with van der Waals surface area (Å²) in [6.07, 6.45) is 3.43. The van der Waals surface area contributed by atoms with Gasteiger partial charge in [-0.3, -0.25) is 0 Å². The number of nitrogens with zero attached hydrogens (tertiary/aromatic N) is 4. The molecule has 0 spiro atoms. The number of piperazine rings is 1. The van der Waals surface area contributed by atoms with Crippen LogP contribution in [0.5, 0.6) is 0 Å². The van der Waals surface area contributed by atoms with Crippen molar-refractivity contribution in [1.29, 1.82) is 0 Å². The fourth-order valence-corrected chi connectivity index (χ4v) is 3.42. The minimum atomic E-state index is -1.97. The molecule has 3 rings (SSSR count). The summed E-state index contributed by atoms with van der Waals surface area (Å²) < 4.78 is 34.1. The van der Waals surface area contributed by atoms with Gasteiger partial charge in [-0.15, -0.1) is 0 Å². The average Bonchev–Trinajstić information content (AvgIpc) is 2.55. The summed E-state index contributed by atoms with van der Waals surface area (Å²) in [5.41, 5.74) is 1.03. The largest absolute Gasteiger partial charge is 0.365 e. The summed E-state index contributed by atoms with van der Waals surface area (Å²) in [4.78, 5) is 12.6. The van der Waals surface area contributed by atoms with E-state index in [0.717, 1.165) is 0 Å². The lowest BCUT2D eigenvalue weighted by atomic mass is 10.1. The van der Waals surface area contributed by atoms with Crippen molar-refractivity contribution in [2.24, 2.45) is 0 Å². The molecule has 1 N–H and O–H groups in total. The molecule has 1 fully saturated rings. The van der Waals surface area contributed by atoms with Gasteiger partial charge in [-0.25, -0.2) is 18.6 Å². The summed E-state index contributed by atoms with van der Waals surface area (Å²) in [5.74, 6) is 0.257. The lowest BCUT2D eigenvalue weighted by Gasteiger charge is -2.41. The molecule has 1 saturated heterocycles. The molecule has 0 bridgehead atoms. The molecule has 0 saturated carbocycles. The number of rotatable bonds is 4. The van der Waals surface area contributed by atoms with Crippen molar-refractivity contribution in [2.75, 3.05) is 29.4 Å². The molecule has 1 aromatic carbocycles. The normalized spacial score (nSPS) is 19.4. The maximum atomic E-state index is 14.4. The van der Waals surface area contributed by atoms with E-state index >= 15 is 0 Å². The first-order chi connectivity index (χ1) is 11.5. The zero-order valence-electron chi connectivity index (χ0n) is 13.3. The Balaban J connectivity index is 1.73. The van der Waals surface area contributed by atoms with Crippen LogP contribution in [0, 0.1) is 5.82 Å². The van der Waals surface area contributed by atoms with E-state index in [9.17, 15) is 8.60 Å². The van der Waals surface area contributed by atoms with Gasteiger partial charge in [0.05, 0.1) is 11.4 Å². The second kappa shape index (κ2) is 7.23. The fourth-order valence-electron chi connectivity index (χ4n) is 2.95. The molecule has 2 aromatic rings. The zero-order valence-corrected chi connectivity index (χ0v) is 14.1. The number of anilines is 2. The lowest BCUT2D eigenvalue weighted by Crippen LogP contribution is -2.53. The quantitative estimate of drug-likeness (QED) is 0.851. The van der Waals surface area contributed by atoms with Crippen molar-refractivity contribution in [3.63, 3.8) is 0 Å². The molecule has 0 radical (unpaired) electrons. The molecule has 128 valence electrons. The lowest BCUT2D eigenvalue weighted by molar-refractivity contribution is 0.528. The minimum absolute atomic E-state index is 0.0628. The van der Waals surface area contributed by atoms with Gasteiger partial charge in [0.1, 0.15) is 5.82 Å². The first-order valence-corrected chi connectivity index (χ1v) is 8.96. The van der Waals surface area contributed by atoms with Crippen molar-refractivity contribution in [3.05, 3.63) is 48.0 Å². The second-order valence-corrected chi connectivity index (χ2v) is 6.72. The predicted octanol–water partition coefficient (Wildman–Crippen LogP) is 2.05. The van der Waals surface area contributed by atoms with E-state index in [0.29, 0.717) is 36.8 Å². The van der Waals surface area contributed by atoms with Gasteiger partial charge in [-0.1, -0.05) is 6.07 Å². The molecule has 1 unspecified atom stereocenters. The van der Waals surface area contributed by atoms with Crippen LogP contribution < -0.4 is 9.80 Å². The van der Waals surface area contributed by atoms with E-state index in [-0.39, 0.29) is 17.6 Å². The smallest absolute Gasteiger partial charge is 0.225 e. The first kappa shape index (κ1) is 16.8. The Hall–Kier alpha value is -2.06. The van der Waals surface area contributed by atoms with E-state index in [4.69, 9.17) is 4.55 Å². The van der Waals surface area contributed by atoms with Gasteiger partial charge < -0.3 is 14.4 Å². The van der Waals surface area contributed by atoms with Gasteiger partial charge in [0.25, 0.3) is 0 Å². The average molecular weight is 350 g/mol. The molecule has 0 amide bonds. The molecule has 0 aliphatic carbocycles. The van der Waals surface area contributed by atoms with Crippen LogP contribution in [0.1, 0.15) is 12.5 Å². The minimum Gasteiger partial charge on any atom is -0.365 e. The van der Waals surface area contributed by atoms with Gasteiger partial charge in [0.2, 0.25) is 5.95 Å². The molecule has 6 nitrogen and oxygen atoms in total. The molecular formula is C16H19FN4O2S. The topological polar surface area (TPSA) is 69.6 Å². The highest BCUT2D eigenvalue weighted by atomic mass is 32.2. The number of hydrogen-bond acceptors (Lipinski definition) is 5. The Labute approximate surface area is 142 Å². The van der Waals surface area contributed by atoms with Crippen LogP contribution >= 0.6 is 0 Å². The number of aromatic nitrogens is 2. The van der Waals surface area contributed by atoms with E-state index in [2.05, 4.69) is 21.8 Å². The van der Waals surface area contributed by atoms with E-state index in [1.807, 2.05) is 4.90 Å². The third-order valence-electron chi connectivity index (χ3n) is 4.08. The van der Waals surface area contributed by atoms with E-state index in [1.165, 1.54) is 6.07 Å². The van der Waals surface area contributed by atoms with Crippen molar-refractivity contribution in [2.45, 2.75) is 18.7 Å². The maximum absolute atomic E-state index is 14.4. The molecule has 1 aromatic heterocycles. The standard InChI is InChI=1S/C16H19FN4O2S/c1-12-10-20(7-8-21(12)16-18-5-2-6-19-16)15-4-3-13(9-14(15)17)11-24(22)23/h2-6,9,12H,7-8,10-11H2,1H3,(H,22,23)/t12-/m1/s1. The van der Waals surface area contributed by atoms with Gasteiger partial charge in [0.15, 0.2) is 11.1 Å². The number of halogens is 1. The summed E-state index contributed by atoms with van der Waals surface area (Å²) in [6, 6.07) is 6.63. The maximum Gasteiger partial charge on any atom is 0.225 e. The van der Waals surface area contributed by atoms with Crippen LogP contribution in [0.2, 0.25) is 0 Å². The fraction of sp³-hybridized carbons (Fsp3) is 0.375. The summed E-state index contributed by atoms with van der Waals surface area (Å²) in [7, 11) is 0. The van der Waals surface area contributed by atoms with Crippen molar-refractivity contribution >= 4 is 22.7 Å². The third-order valence-corrected chi connectivity index (χ3v) is 4.66. The van der Waals surface area contributed by atoms with E-state index in [1.54, 1.807) is 30.6 Å². The van der Waals surface area contributed by atoms with Crippen LogP contribution in [0.15, 0.2) is 36.7 Å². The Bertz CT molecular complexity index is 731. The van der Waals surface area contributed by atoms with Crippen molar-refractivity contribution in [1.82, 2.24) is 9.97 Å². The molecule has 2 atom stereocenters. The highest BCUT2D eigenvalue weighted by molar-refractivity contribution is 7.78. The summed E-state index contributed by atoms with van der Waals surface area (Å²) in [6.45, 7) is 4.07. The molecule has 1 aliphatic heterocycles. The van der Waals surface area contributed by atoms with Crippen LogP contribution in [0.4, 0.5) is 16.0 Å². The summed E-state index contributed by atoms with van der Waals surface area (Å²) >= 11 is -1.97. The van der Waals surface area contributed by atoms with Gasteiger partial charge in [0, 0.05) is 38.1 Å². The summed E-state index contributed by atoms with van der Waals surface area (Å²) in [5, 5.41) is 0. The third kappa shape index (κ3) is 3.70. The monoisotopic (exact) mass is 350 g/mol. The molecule has 24 heavy (non-hydrogen) atoms. The SMILES string of the molecule is C[C@@H]1CN(c2ccc(CS(=O)O)cc2F)CCN1c1ncccn1. The Morgan fingerprint density at radius 3 is 2.71 bits per heavy atom. The Morgan fingerprint density at radius 2 is 2.08 bits per heavy atom. The second-order valence-electron chi connectivity index (χ2n) is 5.79. The van der Waals surface area contributed by atoms with Crippen LogP contribution in [-0.2, 0) is 16.8 Å². The molecule has 8 heteroatoms. The molecule has 2 heterocycles. The highest BCUT2D eigenvalue weighted by Crippen LogP contribution is 2.25. The molecular weight excluding hydrogens is 331 g/mol. The highest BCUT2D eigenvalue weighted by Gasteiger charge is 2.26. The first-order valence-electron chi connectivity index (χ1n) is 7.69. The van der Waals surface area contributed by atoms with E-state index < -0.39 is 11.1 Å². The van der Waals surface area contributed by atoms with Gasteiger partial charge >= 0.3 is 0 Å². The van der Waals surface area contributed by atoms with Crippen LogP contribution in [0.25, 0.3) is 0 Å². The van der Waals surface area contributed by atoms with Crippen LogP contribution in [-0.4, -0.2) is 44.4 Å². The number of benzene rings is 1.